The molecule has 0 amide bonds. The van der Waals surface area contributed by atoms with Gasteiger partial charge in [0, 0.05) is 22.5 Å². The summed E-state index contributed by atoms with van der Waals surface area (Å²) in [5.74, 6) is 0. The van der Waals surface area contributed by atoms with Crippen LogP contribution in [-0.2, 0) is 5.41 Å². The van der Waals surface area contributed by atoms with Gasteiger partial charge in [-0.15, -0.1) is 0 Å². The minimum atomic E-state index is -0.0324. The zero-order valence-corrected chi connectivity index (χ0v) is 12.0. The van der Waals surface area contributed by atoms with Crippen molar-refractivity contribution in [2.45, 2.75) is 18.4 Å². The molecule has 2 heteroatoms. The molecule has 2 aromatic rings. The van der Waals surface area contributed by atoms with Crippen LogP contribution in [0.5, 0.6) is 0 Å². The average Bonchev–Trinajstić information content (AvgIpc) is 2.77. The van der Waals surface area contributed by atoms with Crippen molar-refractivity contribution in [1.82, 2.24) is 0 Å². The number of nitrogen functional groups attached to an aromatic ring is 1. The van der Waals surface area contributed by atoms with Gasteiger partial charge in [0.05, 0.1) is 6.04 Å². The molecule has 0 saturated heterocycles. The van der Waals surface area contributed by atoms with E-state index in [0.717, 1.165) is 5.69 Å². The lowest BCUT2D eigenvalue weighted by Gasteiger charge is -2.34. The van der Waals surface area contributed by atoms with Crippen LogP contribution in [0.25, 0.3) is 0 Å². The largest absolute Gasteiger partial charge is 0.399 e. The molecule has 2 unspecified atom stereocenters. The number of nitrogens with zero attached hydrogens (tertiary/aromatic N) is 1. The van der Waals surface area contributed by atoms with Crippen LogP contribution < -0.4 is 10.6 Å². The number of allylic oxidation sites excluding steroid dienone is 2. The van der Waals surface area contributed by atoms with Crippen molar-refractivity contribution in [2.75, 3.05) is 10.6 Å². The maximum Gasteiger partial charge on any atom is 0.0655 e. The first-order valence-corrected chi connectivity index (χ1v) is 7.30. The summed E-state index contributed by atoms with van der Waals surface area (Å²) in [6, 6.07) is 17.1. The van der Waals surface area contributed by atoms with Gasteiger partial charge in [-0.3, -0.25) is 0 Å². The molecule has 0 spiro atoms. The third-order valence-corrected chi connectivity index (χ3v) is 4.63. The summed E-state index contributed by atoms with van der Waals surface area (Å²) in [5, 5.41) is 0. The van der Waals surface area contributed by atoms with Crippen LogP contribution in [0.1, 0.15) is 12.5 Å². The van der Waals surface area contributed by atoms with Crippen LogP contribution >= 0.6 is 0 Å². The quantitative estimate of drug-likeness (QED) is 0.791. The van der Waals surface area contributed by atoms with Gasteiger partial charge in [0.15, 0.2) is 0 Å². The minimum Gasteiger partial charge on any atom is -0.399 e. The normalized spacial score (nSPS) is 25.8. The van der Waals surface area contributed by atoms with Gasteiger partial charge in [-0.25, -0.2) is 0 Å². The van der Waals surface area contributed by atoms with Crippen LogP contribution in [0, 0.1) is 0 Å². The highest BCUT2D eigenvalue weighted by molar-refractivity contribution is 5.78. The first kappa shape index (κ1) is 12.3. The molecule has 2 aromatic carbocycles. The lowest BCUT2D eigenvalue weighted by molar-refractivity contribution is 0.551. The maximum atomic E-state index is 6.04. The van der Waals surface area contributed by atoms with Gasteiger partial charge in [-0.1, -0.05) is 42.5 Å². The van der Waals surface area contributed by atoms with E-state index in [4.69, 9.17) is 5.73 Å². The van der Waals surface area contributed by atoms with Gasteiger partial charge in [0.2, 0.25) is 0 Å². The average molecular weight is 274 g/mol. The van der Waals surface area contributed by atoms with Crippen LogP contribution in [0.4, 0.5) is 17.1 Å². The highest BCUT2D eigenvalue weighted by Gasteiger charge is 2.46. The lowest BCUT2D eigenvalue weighted by Crippen LogP contribution is -2.39. The van der Waals surface area contributed by atoms with Crippen molar-refractivity contribution in [3.63, 3.8) is 0 Å². The number of nitrogens with two attached hydrogens (primary N) is 1. The fourth-order valence-electron chi connectivity index (χ4n) is 3.56. The fourth-order valence-corrected chi connectivity index (χ4v) is 3.56. The lowest BCUT2D eigenvalue weighted by atomic mass is 9.76. The summed E-state index contributed by atoms with van der Waals surface area (Å²) >= 11 is 0. The molecule has 21 heavy (non-hydrogen) atoms. The molecule has 0 saturated carbocycles. The molecule has 2 atom stereocenters. The zero-order chi connectivity index (χ0) is 14.4. The third-order valence-electron chi connectivity index (χ3n) is 4.63. The van der Waals surface area contributed by atoms with Gasteiger partial charge in [-0.2, -0.15) is 0 Å². The maximum absolute atomic E-state index is 6.04. The van der Waals surface area contributed by atoms with E-state index >= 15 is 0 Å². The molecule has 0 bridgehead atoms. The van der Waals surface area contributed by atoms with Crippen LogP contribution in [0.15, 0.2) is 72.8 Å². The first-order valence-electron chi connectivity index (χ1n) is 7.30. The molecule has 1 aliphatic carbocycles. The van der Waals surface area contributed by atoms with Crippen LogP contribution in [0.3, 0.4) is 0 Å². The second-order valence-corrected chi connectivity index (χ2v) is 5.95. The van der Waals surface area contributed by atoms with Crippen molar-refractivity contribution in [1.29, 1.82) is 0 Å². The fraction of sp³-hybridized carbons (Fsp3) is 0.158. The minimum absolute atomic E-state index is 0.0324. The van der Waals surface area contributed by atoms with Crippen molar-refractivity contribution < 1.29 is 0 Å². The van der Waals surface area contributed by atoms with Gasteiger partial charge >= 0.3 is 0 Å². The number of rotatable bonds is 1. The molecule has 2 N–H and O–H groups in total. The van der Waals surface area contributed by atoms with Crippen molar-refractivity contribution in [2.24, 2.45) is 0 Å². The topological polar surface area (TPSA) is 29.3 Å². The standard InChI is InChI=1S/C19H18N2/c1-19-12-6-5-9-18(19)21(15-7-3-2-4-8-15)17-11-10-14(20)13-16(17)19/h2-13,18H,20H2,1H3. The summed E-state index contributed by atoms with van der Waals surface area (Å²) < 4.78 is 0. The van der Waals surface area contributed by atoms with Gasteiger partial charge in [0.25, 0.3) is 0 Å². The van der Waals surface area contributed by atoms with E-state index in [-0.39, 0.29) is 5.41 Å². The Labute approximate surface area is 125 Å². The zero-order valence-electron chi connectivity index (χ0n) is 12.0. The van der Waals surface area contributed by atoms with Crippen molar-refractivity contribution in [3.05, 3.63) is 78.4 Å². The monoisotopic (exact) mass is 274 g/mol. The second-order valence-electron chi connectivity index (χ2n) is 5.95. The van der Waals surface area contributed by atoms with Gasteiger partial charge in [0.1, 0.15) is 0 Å². The predicted octanol–water partition coefficient (Wildman–Crippen LogP) is 4.17. The number of fused-ring (bicyclic) bond motifs is 3. The van der Waals surface area contributed by atoms with E-state index in [2.05, 4.69) is 78.6 Å². The smallest absolute Gasteiger partial charge is 0.0655 e. The number of para-hydroxylation sites is 1. The highest BCUT2D eigenvalue weighted by atomic mass is 15.2. The Hall–Kier alpha value is -2.48. The number of benzene rings is 2. The molecule has 0 fully saturated rings. The Morgan fingerprint density at radius 3 is 2.67 bits per heavy atom. The van der Waals surface area contributed by atoms with Crippen LogP contribution in [-0.4, -0.2) is 6.04 Å². The van der Waals surface area contributed by atoms with E-state index in [9.17, 15) is 0 Å². The van der Waals surface area contributed by atoms with E-state index in [1.54, 1.807) is 0 Å². The summed E-state index contributed by atoms with van der Waals surface area (Å²) in [5.41, 5.74) is 10.6. The SMILES string of the molecule is CC12C=CC=CC1N(c1ccccc1)c1ccc(N)cc12. The van der Waals surface area contributed by atoms with Gasteiger partial charge in [-0.05, 0) is 42.8 Å². The molecular formula is C19H18N2. The Morgan fingerprint density at radius 1 is 1.05 bits per heavy atom. The van der Waals surface area contributed by atoms with E-state index < -0.39 is 0 Å². The van der Waals surface area contributed by atoms with Crippen molar-refractivity contribution >= 4 is 17.1 Å². The Kier molecular flexibility index (Phi) is 2.49. The van der Waals surface area contributed by atoms with Crippen LogP contribution in [0.2, 0.25) is 0 Å². The molecule has 104 valence electrons. The molecule has 2 aliphatic rings. The van der Waals surface area contributed by atoms with E-state index in [0.29, 0.717) is 6.04 Å². The number of hydrogen-bond acceptors (Lipinski definition) is 2. The molecule has 0 aromatic heterocycles. The predicted molar refractivity (Wildman–Crippen MR) is 88.9 cm³/mol. The molecule has 2 nitrogen and oxygen atoms in total. The molecule has 1 heterocycles. The number of hydrogen-bond donors (Lipinski definition) is 1. The van der Waals surface area contributed by atoms with Crippen molar-refractivity contribution in [3.8, 4) is 0 Å². The van der Waals surface area contributed by atoms with Gasteiger partial charge < -0.3 is 10.6 Å². The first-order chi connectivity index (χ1) is 10.2. The highest BCUT2D eigenvalue weighted by Crippen LogP contribution is 2.51. The summed E-state index contributed by atoms with van der Waals surface area (Å²) in [7, 11) is 0. The molecule has 1 aliphatic heterocycles. The molecular weight excluding hydrogens is 256 g/mol. The summed E-state index contributed by atoms with van der Waals surface area (Å²) in [6.07, 6.45) is 8.84. The Morgan fingerprint density at radius 2 is 1.86 bits per heavy atom. The summed E-state index contributed by atoms with van der Waals surface area (Å²) in [4.78, 5) is 2.41. The van der Waals surface area contributed by atoms with E-state index in [1.807, 2.05) is 6.07 Å². The Bertz CT molecular complexity index is 745. The number of anilines is 3. The molecule has 4 rings (SSSR count). The third kappa shape index (κ3) is 1.65. The Balaban J connectivity index is 1.97. The summed E-state index contributed by atoms with van der Waals surface area (Å²) in [6.45, 7) is 2.29. The van der Waals surface area contributed by atoms with E-state index in [1.165, 1.54) is 16.9 Å². The second kappa shape index (κ2) is 4.26. The molecule has 0 radical (unpaired) electrons.